The number of nitrogens with two attached hydrogens (primary N) is 1. The third kappa shape index (κ3) is 1.55. The normalized spacial score (nSPS) is 11.2. The highest BCUT2D eigenvalue weighted by Crippen LogP contribution is 2.30. The largest absolute Gasteiger partial charge is 0.326 e. The van der Waals surface area contributed by atoms with Crippen molar-refractivity contribution in [2.24, 2.45) is 5.73 Å². The number of rotatable bonds is 2. The molecule has 0 unspecified atom stereocenters. The molecule has 3 aromatic rings. The predicted octanol–water partition coefficient (Wildman–Crippen LogP) is 2.22. The molecule has 0 aliphatic heterocycles. The van der Waals surface area contributed by atoms with Crippen molar-refractivity contribution in [2.45, 2.75) is 13.5 Å². The van der Waals surface area contributed by atoms with Crippen molar-refractivity contribution in [3.63, 3.8) is 0 Å². The lowest BCUT2D eigenvalue weighted by Gasteiger charge is -2.07. The molecular formula is C12H12N4S. The molecule has 86 valence electrons. The predicted molar refractivity (Wildman–Crippen MR) is 68.9 cm³/mol. The molecule has 0 aliphatic carbocycles. The summed E-state index contributed by atoms with van der Waals surface area (Å²) >= 11 is 1.73. The van der Waals surface area contributed by atoms with E-state index in [1.165, 1.54) is 10.4 Å². The Bertz CT molecular complexity index is 668. The van der Waals surface area contributed by atoms with Gasteiger partial charge in [0.2, 0.25) is 0 Å². The summed E-state index contributed by atoms with van der Waals surface area (Å²) in [5.74, 6) is 0. The van der Waals surface area contributed by atoms with Crippen LogP contribution in [0.3, 0.4) is 0 Å². The first-order chi connectivity index (χ1) is 8.31. The smallest absolute Gasteiger partial charge is 0.0998 e. The second kappa shape index (κ2) is 3.94. The highest BCUT2D eigenvalue weighted by molar-refractivity contribution is 7.15. The van der Waals surface area contributed by atoms with Gasteiger partial charge in [-0.25, -0.2) is 0 Å². The highest BCUT2D eigenvalue weighted by atomic mass is 32.1. The maximum Gasteiger partial charge on any atom is 0.0998 e. The summed E-state index contributed by atoms with van der Waals surface area (Å²) in [6.45, 7) is 2.58. The van der Waals surface area contributed by atoms with Gasteiger partial charge in [0.25, 0.3) is 0 Å². The average molecular weight is 244 g/mol. The molecule has 3 rings (SSSR count). The van der Waals surface area contributed by atoms with Gasteiger partial charge in [-0.15, -0.1) is 11.3 Å². The minimum Gasteiger partial charge on any atom is -0.326 e. The molecule has 0 aliphatic rings. The van der Waals surface area contributed by atoms with Gasteiger partial charge in [0.1, 0.15) is 0 Å². The standard InChI is InChI=1S/C12H12N4S/c1-8-4-11-16(2-3-17-11)12(8)10-7-15-14-6-9(10)5-13/h2-4,6-7H,5,13H2,1H3. The van der Waals surface area contributed by atoms with Gasteiger partial charge in [-0.05, 0) is 24.1 Å². The fraction of sp³-hybridized carbons (Fsp3) is 0.167. The van der Waals surface area contributed by atoms with Crippen LogP contribution in [-0.4, -0.2) is 14.6 Å². The van der Waals surface area contributed by atoms with Crippen LogP contribution in [0.25, 0.3) is 16.1 Å². The molecule has 0 amide bonds. The van der Waals surface area contributed by atoms with Gasteiger partial charge >= 0.3 is 0 Å². The van der Waals surface area contributed by atoms with Crippen LogP contribution >= 0.6 is 11.3 Å². The summed E-state index contributed by atoms with van der Waals surface area (Å²) < 4.78 is 2.18. The number of aromatic nitrogens is 3. The van der Waals surface area contributed by atoms with Crippen molar-refractivity contribution in [3.8, 4) is 11.3 Å². The molecule has 0 saturated carbocycles. The third-order valence-electron chi connectivity index (χ3n) is 2.88. The minimum absolute atomic E-state index is 0.474. The molecule has 0 spiro atoms. The number of nitrogens with zero attached hydrogens (tertiary/aromatic N) is 3. The van der Waals surface area contributed by atoms with Crippen LogP contribution in [0.15, 0.2) is 30.0 Å². The van der Waals surface area contributed by atoms with Crippen molar-refractivity contribution in [1.29, 1.82) is 0 Å². The molecular weight excluding hydrogens is 232 g/mol. The zero-order valence-corrected chi connectivity index (χ0v) is 10.2. The first-order valence-corrected chi connectivity index (χ1v) is 6.24. The van der Waals surface area contributed by atoms with Gasteiger partial charge in [-0.1, -0.05) is 0 Å². The van der Waals surface area contributed by atoms with E-state index in [1.807, 2.05) is 0 Å². The summed E-state index contributed by atoms with van der Waals surface area (Å²) in [4.78, 5) is 1.23. The first-order valence-electron chi connectivity index (χ1n) is 5.36. The Kier molecular flexibility index (Phi) is 2.42. The second-order valence-electron chi connectivity index (χ2n) is 3.92. The van der Waals surface area contributed by atoms with Crippen LogP contribution in [-0.2, 0) is 6.54 Å². The fourth-order valence-corrected chi connectivity index (χ4v) is 2.92. The minimum atomic E-state index is 0.474. The van der Waals surface area contributed by atoms with E-state index in [9.17, 15) is 0 Å². The molecule has 2 N–H and O–H groups in total. The molecule has 0 radical (unpaired) electrons. The van der Waals surface area contributed by atoms with Crippen molar-refractivity contribution >= 4 is 16.2 Å². The van der Waals surface area contributed by atoms with Gasteiger partial charge in [0.05, 0.1) is 22.9 Å². The Hall–Kier alpha value is -1.72. The zero-order valence-electron chi connectivity index (χ0n) is 9.42. The summed E-state index contributed by atoms with van der Waals surface area (Å²) in [6, 6.07) is 2.18. The van der Waals surface area contributed by atoms with Crippen LogP contribution in [0.1, 0.15) is 11.1 Å². The fourth-order valence-electron chi connectivity index (χ4n) is 2.09. The molecule has 5 heteroatoms. The number of hydrogen-bond acceptors (Lipinski definition) is 4. The van der Waals surface area contributed by atoms with E-state index in [0.29, 0.717) is 6.54 Å². The van der Waals surface area contributed by atoms with E-state index in [-0.39, 0.29) is 0 Å². The van der Waals surface area contributed by atoms with Crippen LogP contribution < -0.4 is 5.73 Å². The number of aryl methyl sites for hydroxylation is 1. The number of hydrogen-bond donors (Lipinski definition) is 1. The van der Waals surface area contributed by atoms with Crippen LogP contribution in [0.5, 0.6) is 0 Å². The van der Waals surface area contributed by atoms with Crippen molar-refractivity contribution in [3.05, 3.63) is 41.2 Å². The molecule has 3 aromatic heterocycles. The molecule has 0 aromatic carbocycles. The molecule has 0 saturated heterocycles. The number of fused-ring (bicyclic) bond motifs is 1. The van der Waals surface area contributed by atoms with E-state index < -0.39 is 0 Å². The van der Waals surface area contributed by atoms with Gasteiger partial charge in [0.15, 0.2) is 0 Å². The first kappa shape index (κ1) is 10.4. The maximum atomic E-state index is 5.75. The SMILES string of the molecule is Cc1cc2sccn2c1-c1cnncc1CN. The Labute approximate surface area is 103 Å². The second-order valence-corrected chi connectivity index (χ2v) is 4.85. The molecule has 0 bridgehead atoms. The lowest BCUT2D eigenvalue weighted by Crippen LogP contribution is -2.02. The lowest BCUT2D eigenvalue weighted by atomic mass is 10.1. The molecule has 3 heterocycles. The van der Waals surface area contributed by atoms with E-state index in [0.717, 1.165) is 16.8 Å². The summed E-state index contributed by atoms with van der Waals surface area (Å²) in [7, 11) is 0. The van der Waals surface area contributed by atoms with Gasteiger partial charge in [-0.2, -0.15) is 10.2 Å². The zero-order chi connectivity index (χ0) is 11.8. The van der Waals surface area contributed by atoms with E-state index >= 15 is 0 Å². The Morgan fingerprint density at radius 3 is 3.00 bits per heavy atom. The van der Waals surface area contributed by atoms with Gasteiger partial charge in [-0.3, -0.25) is 0 Å². The Balaban J connectivity index is 2.33. The topological polar surface area (TPSA) is 56.2 Å². The quantitative estimate of drug-likeness (QED) is 0.752. The van der Waals surface area contributed by atoms with Crippen LogP contribution in [0, 0.1) is 6.92 Å². The third-order valence-corrected chi connectivity index (χ3v) is 3.69. The van der Waals surface area contributed by atoms with E-state index in [1.54, 1.807) is 23.7 Å². The van der Waals surface area contributed by atoms with Crippen molar-refractivity contribution in [1.82, 2.24) is 14.6 Å². The maximum absolute atomic E-state index is 5.75. The van der Waals surface area contributed by atoms with E-state index in [4.69, 9.17) is 5.73 Å². The van der Waals surface area contributed by atoms with E-state index in [2.05, 4.69) is 39.2 Å². The molecule has 0 fully saturated rings. The summed E-state index contributed by atoms with van der Waals surface area (Å²) in [5.41, 5.74) is 10.2. The average Bonchev–Trinajstić information content (AvgIpc) is 2.89. The summed E-state index contributed by atoms with van der Waals surface area (Å²) in [5, 5.41) is 9.93. The van der Waals surface area contributed by atoms with Gasteiger partial charge < -0.3 is 10.1 Å². The Morgan fingerprint density at radius 1 is 1.35 bits per heavy atom. The molecule has 0 atom stereocenters. The number of thiazole rings is 1. The van der Waals surface area contributed by atoms with Crippen molar-refractivity contribution < 1.29 is 0 Å². The van der Waals surface area contributed by atoms with Crippen LogP contribution in [0.2, 0.25) is 0 Å². The highest BCUT2D eigenvalue weighted by Gasteiger charge is 2.13. The Morgan fingerprint density at radius 2 is 2.18 bits per heavy atom. The monoisotopic (exact) mass is 244 g/mol. The lowest BCUT2D eigenvalue weighted by molar-refractivity contribution is 0.964. The van der Waals surface area contributed by atoms with Crippen LogP contribution in [0.4, 0.5) is 0 Å². The van der Waals surface area contributed by atoms with Gasteiger partial charge in [0, 0.05) is 23.7 Å². The van der Waals surface area contributed by atoms with Crippen molar-refractivity contribution in [2.75, 3.05) is 0 Å². The summed E-state index contributed by atoms with van der Waals surface area (Å²) in [6.07, 6.45) is 5.60. The molecule has 4 nitrogen and oxygen atoms in total. The molecule has 17 heavy (non-hydrogen) atoms.